The van der Waals surface area contributed by atoms with Crippen LogP contribution in [0.4, 0.5) is 0 Å². The van der Waals surface area contributed by atoms with Gasteiger partial charge in [0.1, 0.15) is 0 Å². The SMILES string of the molecule is Cc1ccc2c(C(=O)c3cccc(C)c3Br)c[nH]c2c1. The van der Waals surface area contributed by atoms with Gasteiger partial charge >= 0.3 is 0 Å². The van der Waals surface area contributed by atoms with Gasteiger partial charge in [0.15, 0.2) is 5.78 Å². The normalized spacial score (nSPS) is 10.9. The maximum absolute atomic E-state index is 12.7. The molecule has 100 valence electrons. The number of aromatic nitrogens is 1. The molecule has 0 amide bonds. The number of halogens is 1. The summed E-state index contributed by atoms with van der Waals surface area (Å²) in [5.41, 5.74) is 4.65. The largest absolute Gasteiger partial charge is 0.360 e. The number of nitrogens with one attached hydrogen (secondary N) is 1. The number of hydrogen-bond acceptors (Lipinski definition) is 1. The van der Waals surface area contributed by atoms with Crippen molar-refractivity contribution in [2.24, 2.45) is 0 Å². The van der Waals surface area contributed by atoms with Gasteiger partial charge in [0, 0.05) is 32.7 Å². The molecule has 0 radical (unpaired) electrons. The van der Waals surface area contributed by atoms with E-state index in [0.717, 1.165) is 20.9 Å². The third kappa shape index (κ3) is 2.08. The van der Waals surface area contributed by atoms with E-state index >= 15 is 0 Å². The fraction of sp³-hybridized carbons (Fsp3) is 0.118. The molecule has 0 aliphatic rings. The lowest BCUT2D eigenvalue weighted by molar-refractivity contribution is 0.103. The van der Waals surface area contributed by atoms with Gasteiger partial charge < -0.3 is 4.98 Å². The summed E-state index contributed by atoms with van der Waals surface area (Å²) in [7, 11) is 0. The molecule has 3 heteroatoms. The summed E-state index contributed by atoms with van der Waals surface area (Å²) in [5, 5.41) is 0.967. The maximum Gasteiger partial charge on any atom is 0.196 e. The molecular formula is C17H14BrNO. The van der Waals surface area contributed by atoms with Gasteiger partial charge in [-0.15, -0.1) is 0 Å². The van der Waals surface area contributed by atoms with Crippen molar-refractivity contribution >= 4 is 32.6 Å². The van der Waals surface area contributed by atoms with E-state index in [4.69, 9.17) is 0 Å². The van der Waals surface area contributed by atoms with Crippen LogP contribution in [0.3, 0.4) is 0 Å². The quantitative estimate of drug-likeness (QED) is 0.675. The number of hydrogen-bond donors (Lipinski definition) is 1. The van der Waals surface area contributed by atoms with Crippen molar-refractivity contribution in [3.63, 3.8) is 0 Å². The van der Waals surface area contributed by atoms with Gasteiger partial charge in [0.2, 0.25) is 0 Å². The molecule has 0 unspecified atom stereocenters. The van der Waals surface area contributed by atoms with Crippen LogP contribution >= 0.6 is 15.9 Å². The summed E-state index contributed by atoms with van der Waals surface area (Å²) in [6.45, 7) is 4.03. The van der Waals surface area contributed by atoms with E-state index in [2.05, 4.69) is 27.0 Å². The molecule has 2 nitrogen and oxygen atoms in total. The Labute approximate surface area is 126 Å². The Morgan fingerprint density at radius 2 is 1.90 bits per heavy atom. The Hall–Kier alpha value is -1.87. The summed E-state index contributed by atoms with van der Waals surface area (Å²) in [6, 6.07) is 11.8. The number of aryl methyl sites for hydroxylation is 2. The highest BCUT2D eigenvalue weighted by molar-refractivity contribution is 9.10. The van der Waals surface area contributed by atoms with E-state index in [0.29, 0.717) is 11.1 Å². The molecule has 0 spiro atoms. The van der Waals surface area contributed by atoms with Crippen LogP contribution in [0, 0.1) is 13.8 Å². The smallest absolute Gasteiger partial charge is 0.196 e. The first-order chi connectivity index (χ1) is 9.58. The minimum Gasteiger partial charge on any atom is -0.360 e. The van der Waals surface area contributed by atoms with Crippen molar-refractivity contribution in [1.29, 1.82) is 0 Å². The van der Waals surface area contributed by atoms with Crippen LogP contribution in [0.2, 0.25) is 0 Å². The molecule has 1 heterocycles. The lowest BCUT2D eigenvalue weighted by Crippen LogP contribution is -2.02. The monoisotopic (exact) mass is 327 g/mol. The molecule has 3 rings (SSSR count). The van der Waals surface area contributed by atoms with Gasteiger partial charge in [-0.3, -0.25) is 4.79 Å². The van der Waals surface area contributed by atoms with Crippen LogP contribution in [0.25, 0.3) is 10.9 Å². The van der Waals surface area contributed by atoms with Crippen molar-refractivity contribution in [2.45, 2.75) is 13.8 Å². The van der Waals surface area contributed by atoms with Crippen LogP contribution in [0.1, 0.15) is 27.0 Å². The van der Waals surface area contributed by atoms with Crippen molar-refractivity contribution in [2.75, 3.05) is 0 Å². The average Bonchev–Trinajstić information content (AvgIpc) is 2.84. The zero-order valence-electron chi connectivity index (χ0n) is 11.3. The maximum atomic E-state index is 12.7. The van der Waals surface area contributed by atoms with Crippen LogP contribution < -0.4 is 0 Å². The molecule has 2 aromatic carbocycles. The number of H-pyrrole nitrogens is 1. The Kier molecular flexibility index (Phi) is 3.22. The van der Waals surface area contributed by atoms with Gasteiger partial charge in [0.05, 0.1) is 0 Å². The number of carbonyl (C=O) groups excluding carboxylic acids is 1. The second kappa shape index (κ2) is 4.91. The van der Waals surface area contributed by atoms with Crippen LogP contribution in [-0.2, 0) is 0 Å². The van der Waals surface area contributed by atoms with E-state index in [1.54, 1.807) is 6.20 Å². The van der Waals surface area contributed by atoms with E-state index in [-0.39, 0.29) is 5.78 Å². The van der Waals surface area contributed by atoms with E-state index in [9.17, 15) is 4.79 Å². The van der Waals surface area contributed by atoms with Gasteiger partial charge in [-0.25, -0.2) is 0 Å². The molecule has 3 aromatic rings. The summed E-state index contributed by atoms with van der Waals surface area (Å²) in [5.74, 6) is 0.0377. The van der Waals surface area contributed by atoms with Crippen molar-refractivity contribution in [1.82, 2.24) is 4.98 Å². The summed E-state index contributed by atoms with van der Waals surface area (Å²) in [4.78, 5) is 15.9. The van der Waals surface area contributed by atoms with Crippen LogP contribution in [0.5, 0.6) is 0 Å². The lowest BCUT2D eigenvalue weighted by atomic mass is 10.0. The highest BCUT2D eigenvalue weighted by Gasteiger charge is 2.17. The van der Waals surface area contributed by atoms with Crippen molar-refractivity contribution in [3.8, 4) is 0 Å². The summed E-state index contributed by atoms with van der Waals surface area (Å²) in [6.07, 6.45) is 1.79. The minimum absolute atomic E-state index is 0.0377. The third-order valence-electron chi connectivity index (χ3n) is 3.52. The standard InChI is InChI=1S/C17H14BrNO/c1-10-6-7-12-14(9-19-15(12)8-10)17(20)13-5-3-4-11(2)16(13)18/h3-9,19H,1-2H3. The molecule has 0 saturated carbocycles. The van der Waals surface area contributed by atoms with Crippen molar-refractivity contribution in [3.05, 3.63) is 69.3 Å². The molecule has 20 heavy (non-hydrogen) atoms. The molecule has 0 aliphatic heterocycles. The Morgan fingerprint density at radius 3 is 2.70 bits per heavy atom. The lowest BCUT2D eigenvalue weighted by Gasteiger charge is -2.05. The summed E-state index contributed by atoms with van der Waals surface area (Å²) >= 11 is 3.51. The molecule has 0 saturated heterocycles. The predicted molar refractivity (Wildman–Crippen MR) is 85.3 cm³/mol. The Morgan fingerprint density at radius 1 is 1.10 bits per heavy atom. The number of rotatable bonds is 2. The van der Waals surface area contributed by atoms with E-state index in [1.165, 1.54) is 5.56 Å². The molecule has 0 aliphatic carbocycles. The fourth-order valence-corrected chi connectivity index (χ4v) is 2.84. The molecule has 1 aromatic heterocycles. The van der Waals surface area contributed by atoms with Crippen LogP contribution in [-0.4, -0.2) is 10.8 Å². The predicted octanol–water partition coefficient (Wildman–Crippen LogP) is 4.78. The number of carbonyl (C=O) groups is 1. The number of benzene rings is 2. The Bertz CT molecular complexity index is 817. The van der Waals surface area contributed by atoms with Crippen LogP contribution in [0.15, 0.2) is 47.1 Å². The number of fused-ring (bicyclic) bond motifs is 1. The molecule has 0 atom stereocenters. The zero-order valence-corrected chi connectivity index (χ0v) is 12.9. The second-order valence-electron chi connectivity index (χ2n) is 5.02. The Balaban J connectivity index is 2.16. The summed E-state index contributed by atoms with van der Waals surface area (Å²) < 4.78 is 0.867. The first-order valence-corrected chi connectivity index (χ1v) is 7.25. The molecule has 0 bridgehead atoms. The molecule has 0 fully saturated rings. The highest BCUT2D eigenvalue weighted by atomic mass is 79.9. The fourth-order valence-electron chi connectivity index (χ4n) is 2.40. The van der Waals surface area contributed by atoms with Gasteiger partial charge in [0.25, 0.3) is 0 Å². The second-order valence-corrected chi connectivity index (χ2v) is 5.81. The van der Waals surface area contributed by atoms with Gasteiger partial charge in [-0.1, -0.05) is 24.3 Å². The number of aromatic amines is 1. The third-order valence-corrected chi connectivity index (χ3v) is 4.57. The van der Waals surface area contributed by atoms with Crippen molar-refractivity contribution < 1.29 is 4.79 Å². The molecular weight excluding hydrogens is 314 g/mol. The van der Waals surface area contributed by atoms with E-state index in [1.807, 2.05) is 44.2 Å². The topological polar surface area (TPSA) is 32.9 Å². The first-order valence-electron chi connectivity index (χ1n) is 6.45. The van der Waals surface area contributed by atoms with E-state index < -0.39 is 0 Å². The number of ketones is 1. The van der Waals surface area contributed by atoms with Gasteiger partial charge in [-0.05, 0) is 53.0 Å². The highest BCUT2D eigenvalue weighted by Crippen LogP contribution is 2.27. The minimum atomic E-state index is 0.0377. The first kappa shape index (κ1) is 13.1. The molecule has 1 N–H and O–H groups in total. The average molecular weight is 328 g/mol. The van der Waals surface area contributed by atoms with Gasteiger partial charge in [-0.2, -0.15) is 0 Å². The zero-order chi connectivity index (χ0) is 14.3.